The van der Waals surface area contributed by atoms with Crippen LogP contribution in [0.4, 0.5) is 0 Å². The largest absolute Gasteiger partial charge is 0.496 e. The molecule has 2 atom stereocenters. The number of methoxy groups -OCH3 is 1. The molecule has 2 unspecified atom stereocenters. The first-order valence-electron chi connectivity index (χ1n) is 6.94. The summed E-state index contributed by atoms with van der Waals surface area (Å²) in [6.07, 6.45) is 0.966. The molecule has 2 aromatic rings. The van der Waals surface area contributed by atoms with Crippen molar-refractivity contribution < 1.29 is 9.53 Å². The normalized spacial score (nSPS) is 20.5. The Balaban J connectivity index is 1.77. The van der Waals surface area contributed by atoms with E-state index in [1.807, 2.05) is 43.3 Å². The number of ketones is 1. The van der Waals surface area contributed by atoms with E-state index in [0.29, 0.717) is 5.92 Å². The average molecular weight is 266 g/mol. The molecule has 1 aliphatic carbocycles. The molecule has 0 saturated heterocycles. The molecule has 0 amide bonds. The van der Waals surface area contributed by atoms with Crippen LogP contribution in [0.5, 0.6) is 5.75 Å². The van der Waals surface area contributed by atoms with Crippen molar-refractivity contribution >= 4 is 5.78 Å². The minimum atomic E-state index is 0.144. The average Bonchev–Trinajstić information content (AvgIpc) is 3.28. The zero-order valence-corrected chi connectivity index (χ0v) is 11.8. The van der Waals surface area contributed by atoms with Crippen molar-refractivity contribution in [1.29, 1.82) is 0 Å². The van der Waals surface area contributed by atoms with Gasteiger partial charge in [0.25, 0.3) is 0 Å². The van der Waals surface area contributed by atoms with Crippen LogP contribution in [-0.2, 0) is 0 Å². The number of hydrogen-bond donors (Lipinski definition) is 0. The van der Waals surface area contributed by atoms with Gasteiger partial charge in [-0.1, -0.05) is 30.3 Å². The molecule has 0 aromatic heterocycles. The van der Waals surface area contributed by atoms with Crippen LogP contribution in [0, 0.1) is 12.8 Å². The van der Waals surface area contributed by atoms with Gasteiger partial charge in [-0.2, -0.15) is 0 Å². The fourth-order valence-corrected chi connectivity index (χ4v) is 2.80. The van der Waals surface area contributed by atoms with Gasteiger partial charge in [0, 0.05) is 11.5 Å². The molecule has 2 heteroatoms. The highest BCUT2D eigenvalue weighted by atomic mass is 16.5. The first-order valence-corrected chi connectivity index (χ1v) is 6.94. The quantitative estimate of drug-likeness (QED) is 0.782. The molecule has 0 bridgehead atoms. The van der Waals surface area contributed by atoms with E-state index in [2.05, 4.69) is 12.1 Å². The maximum atomic E-state index is 12.5. The number of ether oxygens (including phenoxy) is 1. The number of carbonyl (C=O) groups is 1. The van der Waals surface area contributed by atoms with Gasteiger partial charge >= 0.3 is 0 Å². The van der Waals surface area contributed by atoms with Gasteiger partial charge in [-0.25, -0.2) is 0 Å². The number of Topliss-reactive ketones (excluding diaryl/α,β-unsaturated/α-hetero) is 1. The van der Waals surface area contributed by atoms with Crippen LogP contribution in [0.25, 0.3) is 0 Å². The fourth-order valence-electron chi connectivity index (χ4n) is 2.80. The number of carbonyl (C=O) groups excluding carboxylic acids is 1. The van der Waals surface area contributed by atoms with E-state index in [9.17, 15) is 4.79 Å². The summed E-state index contributed by atoms with van der Waals surface area (Å²) in [7, 11) is 1.65. The Morgan fingerprint density at radius 2 is 1.90 bits per heavy atom. The Morgan fingerprint density at radius 3 is 2.55 bits per heavy atom. The number of hydrogen-bond acceptors (Lipinski definition) is 2. The SMILES string of the molecule is COc1ccc(C(=O)C2CC2c2ccccc2)cc1C. The van der Waals surface area contributed by atoms with E-state index in [1.165, 1.54) is 5.56 Å². The van der Waals surface area contributed by atoms with Crippen molar-refractivity contribution in [3.8, 4) is 5.75 Å². The number of benzene rings is 2. The summed E-state index contributed by atoms with van der Waals surface area (Å²) in [6.45, 7) is 1.97. The molecule has 2 aromatic carbocycles. The van der Waals surface area contributed by atoms with Gasteiger partial charge in [-0.15, -0.1) is 0 Å². The third kappa shape index (κ3) is 2.34. The van der Waals surface area contributed by atoms with Crippen LogP contribution in [0.1, 0.15) is 33.8 Å². The minimum Gasteiger partial charge on any atom is -0.496 e. The number of rotatable bonds is 4. The molecule has 0 aliphatic heterocycles. The van der Waals surface area contributed by atoms with Crippen LogP contribution in [-0.4, -0.2) is 12.9 Å². The van der Waals surface area contributed by atoms with Crippen LogP contribution in [0.3, 0.4) is 0 Å². The highest BCUT2D eigenvalue weighted by Gasteiger charge is 2.43. The Morgan fingerprint density at radius 1 is 1.15 bits per heavy atom. The molecule has 102 valence electrons. The van der Waals surface area contributed by atoms with Gasteiger partial charge in [0.2, 0.25) is 0 Å². The molecule has 0 spiro atoms. The van der Waals surface area contributed by atoms with Gasteiger partial charge in [0.15, 0.2) is 5.78 Å². The van der Waals surface area contributed by atoms with Crippen molar-refractivity contribution in [2.24, 2.45) is 5.92 Å². The zero-order chi connectivity index (χ0) is 14.1. The van der Waals surface area contributed by atoms with E-state index in [4.69, 9.17) is 4.74 Å². The molecular weight excluding hydrogens is 248 g/mol. The lowest BCUT2D eigenvalue weighted by atomic mass is 10.0. The van der Waals surface area contributed by atoms with E-state index in [-0.39, 0.29) is 11.7 Å². The summed E-state index contributed by atoms with van der Waals surface area (Å²) in [4.78, 5) is 12.5. The predicted octanol–water partition coefficient (Wildman–Crippen LogP) is 3.99. The maximum Gasteiger partial charge on any atom is 0.166 e. The fraction of sp³-hybridized carbons (Fsp3) is 0.278. The van der Waals surface area contributed by atoms with E-state index >= 15 is 0 Å². The second kappa shape index (κ2) is 5.12. The van der Waals surface area contributed by atoms with Gasteiger partial charge in [-0.05, 0) is 48.6 Å². The highest BCUT2D eigenvalue weighted by molar-refractivity contribution is 6.00. The van der Waals surface area contributed by atoms with Crippen molar-refractivity contribution in [3.63, 3.8) is 0 Å². The maximum absolute atomic E-state index is 12.5. The molecule has 0 N–H and O–H groups in total. The predicted molar refractivity (Wildman–Crippen MR) is 79.4 cm³/mol. The summed E-state index contributed by atoms with van der Waals surface area (Å²) in [5, 5.41) is 0. The second-order valence-electron chi connectivity index (χ2n) is 5.41. The molecular formula is C18H18O2. The molecule has 1 saturated carbocycles. The Hall–Kier alpha value is -2.09. The van der Waals surface area contributed by atoms with Crippen LogP contribution < -0.4 is 4.74 Å². The van der Waals surface area contributed by atoms with E-state index in [1.54, 1.807) is 7.11 Å². The lowest BCUT2D eigenvalue weighted by Crippen LogP contribution is -2.04. The lowest BCUT2D eigenvalue weighted by molar-refractivity contribution is 0.0965. The highest BCUT2D eigenvalue weighted by Crippen LogP contribution is 2.49. The molecule has 20 heavy (non-hydrogen) atoms. The smallest absolute Gasteiger partial charge is 0.166 e. The van der Waals surface area contributed by atoms with Crippen LogP contribution in [0.2, 0.25) is 0 Å². The van der Waals surface area contributed by atoms with Crippen LogP contribution >= 0.6 is 0 Å². The van der Waals surface area contributed by atoms with E-state index < -0.39 is 0 Å². The van der Waals surface area contributed by atoms with Gasteiger partial charge in [0.1, 0.15) is 5.75 Å². The summed E-state index contributed by atoms with van der Waals surface area (Å²) in [5.74, 6) is 1.62. The standard InChI is InChI=1S/C18H18O2/c1-12-10-14(8-9-17(12)20-2)18(19)16-11-15(16)13-6-4-3-5-7-13/h3-10,15-16H,11H2,1-2H3. The molecule has 1 aliphatic rings. The van der Waals surface area contributed by atoms with Gasteiger partial charge < -0.3 is 4.74 Å². The van der Waals surface area contributed by atoms with Gasteiger partial charge in [0.05, 0.1) is 7.11 Å². The summed E-state index contributed by atoms with van der Waals surface area (Å²) >= 11 is 0. The Bertz CT molecular complexity index is 631. The zero-order valence-electron chi connectivity index (χ0n) is 11.8. The monoisotopic (exact) mass is 266 g/mol. The second-order valence-corrected chi connectivity index (χ2v) is 5.41. The third-order valence-electron chi connectivity index (χ3n) is 4.03. The van der Waals surface area contributed by atoms with E-state index in [0.717, 1.165) is 23.3 Å². The lowest BCUT2D eigenvalue weighted by Gasteiger charge is -2.07. The summed E-state index contributed by atoms with van der Waals surface area (Å²) in [6, 6.07) is 16.0. The number of aryl methyl sites for hydroxylation is 1. The van der Waals surface area contributed by atoms with Crippen molar-refractivity contribution in [1.82, 2.24) is 0 Å². The molecule has 0 radical (unpaired) electrons. The molecule has 0 heterocycles. The van der Waals surface area contributed by atoms with Crippen LogP contribution in [0.15, 0.2) is 48.5 Å². The first-order chi connectivity index (χ1) is 9.70. The molecule has 1 fully saturated rings. The topological polar surface area (TPSA) is 26.3 Å². The van der Waals surface area contributed by atoms with Crippen molar-refractivity contribution in [2.75, 3.05) is 7.11 Å². The first kappa shape index (κ1) is 12.9. The molecule has 3 rings (SSSR count). The Labute approximate surface area is 119 Å². The Kier molecular flexibility index (Phi) is 3.31. The van der Waals surface area contributed by atoms with Crippen molar-refractivity contribution in [2.45, 2.75) is 19.3 Å². The minimum absolute atomic E-state index is 0.144. The third-order valence-corrected chi connectivity index (χ3v) is 4.03. The van der Waals surface area contributed by atoms with Crippen molar-refractivity contribution in [3.05, 3.63) is 65.2 Å². The molecule has 2 nitrogen and oxygen atoms in total. The van der Waals surface area contributed by atoms with Gasteiger partial charge in [-0.3, -0.25) is 4.79 Å². The summed E-state index contributed by atoms with van der Waals surface area (Å²) in [5.41, 5.74) is 3.08. The summed E-state index contributed by atoms with van der Waals surface area (Å²) < 4.78 is 5.23.